The lowest BCUT2D eigenvalue weighted by molar-refractivity contribution is 0.218. The SMILES string of the molecule is COc1cc(C)c(C(O)c2cc(F)cc(Br)c2)cc1OC. The third-order valence-corrected chi connectivity index (χ3v) is 3.73. The third kappa shape index (κ3) is 3.36. The molecule has 1 N–H and O–H groups in total. The van der Waals surface area contributed by atoms with Crippen molar-refractivity contribution in [3.63, 3.8) is 0 Å². The molecule has 0 fully saturated rings. The summed E-state index contributed by atoms with van der Waals surface area (Å²) in [6.07, 6.45) is -0.947. The molecule has 0 aromatic heterocycles. The van der Waals surface area contributed by atoms with Gasteiger partial charge in [-0.1, -0.05) is 15.9 Å². The summed E-state index contributed by atoms with van der Waals surface area (Å²) in [5, 5.41) is 10.5. The van der Waals surface area contributed by atoms with Crippen LogP contribution in [-0.4, -0.2) is 19.3 Å². The van der Waals surface area contributed by atoms with E-state index in [4.69, 9.17) is 9.47 Å². The minimum absolute atomic E-state index is 0.406. The fourth-order valence-corrected chi connectivity index (χ4v) is 2.69. The van der Waals surface area contributed by atoms with Gasteiger partial charge in [0.25, 0.3) is 0 Å². The summed E-state index contributed by atoms with van der Waals surface area (Å²) in [5.74, 6) is 0.704. The van der Waals surface area contributed by atoms with Crippen LogP contribution in [0.4, 0.5) is 4.39 Å². The lowest BCUT2D eigenvalue weighted by atomic mass is 9.97. The Morgan fingerprint density at radius 3 is 2.24 bits per heavy atom. The van der Waals surface area contributed by atoms with Crippen LogP contribution in [0.25, 0.3) is 0 Å². The van der Waals surface area contributed by atoms with E-state index < -0.39 is 11.9 Å². The Balaban J connectivity index is 2.49. The molecule has 0 radical (unpaired) electrons. The second-order valence-electron chi connectivity index (χ2n) is 4.67. The highest BCUT2D eigenvalue weighted by Crippen LogP contribution is 2.35. The molecular weight excluding hydrogens is 339 g/mol. The Bertz CT molecular complexity index is 638. The molecule has 2 aromatic carbocycles. The molecule has 0 saturated heterocycles. The Hall–Kier alpha value is -1.59. The largest absolute Gasteiger partial charge is 0.493 e. The molecule has 5 heteroatoms. The first-order chi connectivity index (χ1) is 9.96. The second kappa shape index (κ2) is 6.45. The fourth-order valence-electron chi connectivity index (χ4n) is 2.20. The highest BCUT2D eigenvalue weighted by Gasteiger charge is 2.18. The Morgan fingerprint density at radius 2 is 1.67 bits per heavy atom. The molecule has 0 aliphatic carbocycles. The van der Waals surface area contributed by atoms with Gasteiger partial charge in [0.2, 0.25) is 0 Å². The number of aliphatic hydroxyl groups excluding tert-OH is 1. The lowest BCUT2D eigenvalue weighted by Gasteiger charge is -2.17. The number of hydrogen-bond acceptors (Lipinski definition) is 3. The van der Waals surface area contributed by atoms with Crippen LogP contribution in [0.2, 0.25) is 0 Å². The van der Waals surface area contributed by atoms with Crippen molar-refractivity contribution in [1.82, 2.24) is 0 Å². The van der Waals surface area contributed by atoms with Crippen LogP contribution in [0.1, 0.15) is 22.8 Å². The number of aliphatic hydroxyl groups is 1. The predicted molar refractivity (Wildman–Crippen MR) is 82.4 cm³/mol. The van der Waals surface area contributed by atoms with E-state index in [1.165, 1.54) is 19.2 Å². The van der Waals surface area contributed by atoms with E-state index in [0.717, 1.165) is 5.56 Å². The fraction of sp³-hybridized carbons (Fsp3) is 0.250. The number of hydrogen-bond donors (Lipinski definition) is 1. The molecule has 0 saturated carbocycles. The molecule has 2 rings (SSSR count). The average molecular weight is 355 g/mol. The quantitative estimate of drug-likeness (QED) is 0.901. The highest BCUT2D eigenvalue weighted by molar-refractivity contribution is 9.10. The van der Waals surface area contributed by atoms with Gasteiger partial charge in [-0.3, -0.25) is 0 Å². The van der Waals surface area contributed by atoms with Crippen molar-refractivity contribution in [1.29, 1.82) is 0 Å². The number of benzene rings is 2. The van der Waals surface area contributed by atoms with Crippen LogP contribution in [0.15, 0.2) is 34.8 Å². The van der Waals surface area contributed by atoms with Crippen LogP contribution in [0.5, 0.6) is 11.5 Å². The van der Waals surface area contributed by atoms with E-state index in [2.05, 4.69) is 15.9 Å². The van der Waals surface area contributed by atoms with Crippen LogP contribution >= 0.6 is 15.9 Å². The van der Waals surface area contributed by atoms with Crippen molar-refractivity contribution >= 4 is 15.9 Å². The number of halogens is 2. The van der Waals surface area contributed by atoms with Gasteiger partial charge in [0.05, 0.1) is 14.2 Å². The van der Waals surface area contributed by atoms with Crippen LogP contribution in [0, 0.1) is 12.7 Å². The van der Waals surface area contributed by atoms with E-state index in [-0.39, 0.29) is 0 Å². The van der Waals surface area contributed by atoms with Gasteiger partial charge < -0.3 is 14.6 Å². The standard InChI is InChI=1S/C16H16BrFO3/c1-9-4-14(20-2)15(21-3)8-13(9)16(19)10-5-11(17)7-12(18)6-10/h4-8,16,19H,1-3H3. The number of rotatable bonds is 4. The summed E-state index contributed by atoms with van der Waals surface area (Å²) in [4.78, 5) is 0. The summed E-state index contributed by atoms with van der Waals surface area (Å²) < 4.78 is 24.5. The van der Waals surface area contributed by atoms with E-state index in [1.54, 1.807) is 25.3 Å². The first-order valence-corrected chi connectivity index (χ1v) is 7.12. The van der Waals surface area contributed by atoms with Gasteiger partial charge in [-0.05, 0) is 53.9 Å². The summed E-state index contributed by atoms with van der Waals surface area (Å²) in [6, 6.07) is 7.83. The maximum absolute atomic E-state index is 13.5. The van der Waals surface area contributed by atoms with E-state index in [0.29, 0.717) is 27.1 Å². The molecule has 0 heterocycles. The molecule has 0 amide bonds. The van der Waals surface area contributed by atoms with Gasteiger partial charge in [-0.25, -0.2) is 4.39 Å². The number of ether oxygens (including phenoxy) is 2. The topological polar surface area (TPSA) is 38.7 Å². The normalized spacial score (nSPS) is 12.1. The van der Waals surface area contributed by atoms with E-state index >= 15 is 0 Å². The van der Waals surface area contributed by atoms with Gasteiger partial charge in [-0.15, -0.1) is 0 Å². The number of aryl methyl sites for hydroxylation is 1. The first-order valence-electron chi connectivity index (χ1n) is 6.33. The molecule has 0 bridgehead atoms. The molecule has 21 heavy (non-hydrogen) atoms. The van der Waals surface area contributed by atoms with Gasteiger partial charge in [0.15, 0.2) is 11.5 Å². The van der Waals surface area contributed by atoms with E-state index in [1.807, 2.05) is 6.92 Å². The smallest absolute Gasteiger partial charge is 0.161 e. The minimum atomic E-state index is -0.947. The zero-order valence-corrected chi connectivity index (χ0v) is 13.6. The van der Waals surface area contributed by atoms with Crippen LogP contribution < -0.4 is 9.47 Å². The molecule has 0 aliphatic heterocycles. The maximum atomic E-state index is 13.5. The molecule has 1 atom stereocenters. The minimum Gasteiger partial charge on any atom is -0.493 e. The highest BCUT2D eigenvalue weighted by atomic mass is 79.9. The first kappa shape index (κ1) is 15.8. The third-order valence-electron chi connectivity index (χ3n) is 3.27. The van der Waals surface area contributed by atoms with Gasteiger partial charge in [0, 0.05) is 4.47 Å². The number of methoxy groups -OCH3 is 2. The average Bonchev–Trinajstić information content (AvgIpc) is 2.45. The van der Waals surface area contributed by atoms with Gasteiger partial charge in [0.1, 0.15) is 11.9 Å². The predicted octanol–water partition coefficient (Wildman–Crippen LogP) is 4.00. The van der Waals surface area contributed by atoms with Gasteiger partial charge >= 0.3 is 0 Å². The molecule has 112 valence electrons. The van der Waals surface area contributed by atoms with Crippen molar-refractivity contribution < 1.29 is 19.0 Å². The van der Waals surface area contributed by atoms with Gasteiger partial charge in [-0.2, -0.15) is 0 Å². The van der Waals surface area contributed by atoms with Crippen molar-refractivity contribution in [2.75, 3.05) is 14.2 Å². The summed E-state index contributed by atoms with van der Waals surface area (Å²) in [7, 11) is 3.08. The molecule has 0 spiro atoms. The summed E-state index contributed by atoms with van der Waals surface area (Å²) >= 11 is 3.23. The molecular formula is C16H16BrFO3. The zero-order valence-electron chi connectivity index (χ0n) is 12.0. The maximum Gasteiger partial charge on any atom is 0.161 e. The van der Waals surface area contributed by atoms with Crippen LogP contribution in [0.3, 0.4) is 0 Å². The molecule has 2 aromatic rings. The van der Waals surface area contributed by atoms with Crippen molar-refractivity contribution in [2.45, 2.75) is 13.0 Å². The molecule has 0 aliphatic rings. The summed E-state index contributed by atoms with van der Waals surface area (Å²) in [6.45, 7) is 1.86. The Kier molecular flexibility index (Phi) is 4.85. The molecule has 3 nitrogen and oxygen atoms in total. The van der Waals surface area contributed by atoms with Crippen molar-refractivity contribution in [3.05, 3.63) is 57.3 Å². The monoisotopic (exact) mass is 354 g/mol. The Labute approximate surface area is 131 Å². The van der Waals surface area contributed by atoms with E-state index in [9.17, 15) is 9.50 Å². The second-order valence-corrected chi connectivity index (χ2v) is 5.58. The molecule has 1 unspecified atom stereocenters. The summed E-state index contributed by atoms with van der Waals surface area (Å²) in [5.41, 5.74) is 1.95. The van der Waals surface area contributed by atoms with Crippen molar-refractivity contribution in [2.24, 2.45) is 0 Å². The Morgan fingerprint density at radius 1 is 1.05 bits per heavy atom. The zero-order chi connectivity index (χ0) is 15.6. The van der Waals surface area contributed by atoms with Crippen LogP contribution in [-0.2, 0) is 0 Å². The lowest BCUT2D eigenvalue weighted by Crippen LogP contribution is -2.04. The van der Waals surface area contributed by atoms with Crippen molar-refractivity contribution in [3.8, 4) is 11.5 Å².